The molecule has 1 rings (SSSR count). The number of furan rings is 1. The van der Waals surface area contributed by atoms with Crippen molar-refractivity contribution < 1.29 is 18.7 Å². The van der Waals surface area contributed by atoms with Crippen LogP contribution in [0.3, 0.4) is 0 Å². The molecular formula is C10H9NO4. The van der Waals surface area contributed by atoms with Gasteiger partial charge in [-0.15, -0.1) is 0 Å². The molecular weight excluding hydrogens is 198 g/mol. The Morgan fingerprint density at radius 1 is 1.67 bits per heavy atom. The van der Waals surface area contributed by atoms with Gasteiger partial charge in [-0.05, 0) is 19.1 Å². The first-order chi connectivity index (χ1) is 7.20. The van der Waals surface area contributed by atoms with Crippen LogP contribution >= 0.6 is 0 Å². The number of rotatable bonds is 4. The van der Waals surface area contributed by atoms with Crippen LogP contribution in [-0.4, -0.2) is 18.4 Å². The Hall–Kier alpha value is -2.09. The van der Waals surface area contributed by atoms with Crippen molar-refractivity contribution in [3.05, 3.63) is 24.2 Å². The van der Waals surface area contributed by atoms with Gasteiger partial charge in [-0.1, -0.05) is 0 Å². The summed E-state index contributed by atoms with van der Waals surface area (Å²) in [4.78, 5) is 22.7. The Balaban J connectivity index is 2.81. The maximum Gasteiger partial charge on any atom is 0.331 e. The fourth-order valence-electron chi connectivity index (χ4n) is 1.00. The lowest BCUT2D eigenvalue weighted by atomic mass is 10.0. The topological polar surface area (TPSA) is 80.3 Å². The summed E-state index contributed by atoms with van der Waals surface area (Å²) in [5, 5.41) is 8.68. The number of hydrogen-bond donors (Lipinski definition) is 0. The minimum absolute atomic E-state index is 0.0189. The predicted octanol–water partition coefficient (Wildman–Crippen LogP) is 1.17. The fourth-order valence-corrected chi connectivity index (χ4v) is 1.00. The van der Waals surface area contributed by atoms with E-state index in [1.165, 1.54) is 18.4 Å². The summed E-state index contributed by atoms with van der Waals surface area (Å²) in [5.41, 5.74) is 0. The molecule has 0 spiro atoms. The number of Topliss-reactive ketones (excluding diaryl/α,β-unsaturated/α-hetero) is 1. The van der Waals surface area contributed by atoms with Crippen LogP contribution < -0.4 is 0 Å². The van der Waals surface area contributed by atoms with E-state index in [4.69, 9.17) is 9.68 Å². The van der Waals surface area contributed by atoms with Gasteiger partial charge in [0.2, 0.25) is 11.7 Å². The molecule has 0 radical (unpaired) electrons. The van der Waals surface area contributed by atoms with E-state index in [2.05, 4.69) is 4.74 Å². The first-order valence-electron chi connectivity index (χ1n) is 4.34. The quantitative estimate of drug-likeness (QED) is 0.420. The van der Waals surface area contributed by atoms with Crippen molar-refractivity contribution in [2.75, 3.05) is 6.61 Å². The van der Waals surface area contributed by atoms with E-state index >= 15 is 0 Å². The fraction of sp³-hybridized carbons (Fsp3) is 0.300. The van der Waals surface area contributed by atoms with Gasteiger partial charge < -0.3 is 9.15 Å². The largest absolute Gasteiger partial charge is 0.465 e. The molecule has 0 saturated heterocycles. The van der Waals surface area contributed by atoms with Gasteiger partial charge in [0, 0.05) is 0 Å². The molecule has 1 heterocycles. The van der Waals surface area contributed by atoms with E-state index in [-0.39, 0.29) is 12.4 Å². The summed E-state index contributed by atoms with van der Waals surface area (Å²) in [6.45, 7) is 1.73. The number of nitriles is 1. The summed E-state index contributed by atoms with van der Waals surface area (Å²) < 4.78 is 9.39. The molecule has 5 heteroatoms. The van der Waals surface area contributed by atoms with Gasteiger partial charge in [-0.2, -0.15) is 5.26 Å². The number of hydrogen-bond acceptors (Lipinski definition) is 5. The van der Waals surface area contributed by atoms with Crippen LogP contribution in [0.25, 0.3) is 0 Å². The number of ketones is 1. The van der Waals surface area contributed by atoms with E-state index < -0.39 is 17.7 Å². The van der Waals surface area contributed by atoms with Crippen LogP contribution in [-0.2, 0) is 9.53 Å². The average Bonchev–Trinajstić information content (AvgIpc) is 2.71. The highest BCUT2D eigenvalue weighted by Crippen LogP contribution is 2.10. The van der Waals surface area contributed by atoms with Gasteiger partial charge in [0.05, 0.1) is 18.9 Å². The van der Waals surface area contributed by atoms with E-state index in [1.54, 1.807) is 13.0 Å². The molecule has 0 saturated carbocycles. The highest BCUT2D eigenvalue weighted by molar-refractivity contribution is 6.09. The SMILES string of the molecule is CCOC(=O)C(C#N)C(=O)c1ccco1. The Kier molecular flexibility index (Phi) is 3.63. The van der Waals surface area contributed by atoms with Crippen molar-refractivity contribution in [3.63, 3.8) is 0 Å². The lowest BCUT2D eigenvalue weighted by molar-refractivity contribution is -0.144. The normalized spacial score (nSPS) is 11.5. The van der Waals surface area contributed by atoms with Crippen molar-refractivity contribution in [2.45, 2.75) is 6.92 Å². The van der Waals surface area contributed by atoms with Crippen LogP contribution in [0.4, 0.5) is 0 Å². The molecule has 0 aliphatic heterocycles. The van der Waals surface area contributed by atoms with Crippen LogP contribution in [0.1, 0.15) is 17.5 Å². The van der Waals surface area contributed by atoms with Crippen LogP contribution in [0.5, 0.6) is 0 Å². The minimum atomic E-state index is -1.45. The second-order valence-corrected chi connectivity index (χ2v) is 2.66. The van der Waals surface area contributed by atoms with Crippen molar-refractivity contribution in [1.29, 1.82) is 5.26 Å². The van der Waals surface area contributed by atoms with Gasteiger partial charge in [-0.3, -0.25) is 9.59 Å². The molecule has 1 atom stereocenters. The molecule has 0 aromatic carbocycles. The third kappa shape index (κ3) is 2.44. The molecule has 15 heavy (non-hydrogen) atoms. The smallest absolute Gasteiger partial charge is 0.331 e. The van der Waals surface area contributed by atoms with Gasteiger partial charge in [0.1, 0.15) is 0 Å². The molecule has 1 aromatic heterocycles. The number of ether oxygens (including phenoxy) is 1. The Bertz CT molecular complexity index is 388. The predicted molar refractivity (Wildman–Crippen MR) is 48.8 cm³/mol. The first-order valence-corrected chi connectivity index (χ1v) is 4.34. The summed E-state index contributed by atoms with van der Waals surface area (Å²) in [7, 11) is 0. The second-order valence-electron chi connectivity index (χ2n) is 2.66. The summed E-state index contributed by atoms with van der Waals surface area (Å²) in [6.07, 6.45) is 1.30. The molecule has 0 aliphatic rings. The van der Waals surface area contributed by atoms with E-state index in [0.29, 0.717) is 0 Å². The number of esters is 1. The Morgan fingerprint density at radius 2 is 2.40 bits per heavy atom. The molecule has 0 amide bonds. The lowest BCUT2D eigenvalue weighted by Crippen LogP contribution is -2.24. The monoisotopic (exact) mass is 207 g/mol. The van der Waals surface area contributed by atoms with E-state index in [9.17, 15) is 9.59 Å². The summed E-state index contributed by atoms with van der Waals surface area (Å²) >= 11 is 0. The zero-order valence-electron chi connectivity index (χ0n) is 8.10. The summed E-state index contributed by atoms with van der Waals surface area (Å²) in [6, 6.07) is 4.49. The standard InChI is InChI=1S/C10H9NO4/c1-2-14-10(13)7(6-11)9(12)8-4-3-5-15-8/h3-5,7H,2H2,1H3. The van der Waals surface area contributed by atoms with Crippen LogP contribution in [0, 0.1) is 17.2 Å². The first kappa shape index (κ1) is 11.0. The molecule has 1 aromatic rings. The maximum atomic E-state index is 11.5. The molecule has 5 nitrogen and oxygen atoms in total. The van der Waals surface area contributed by atoms with Crippen molar-refractivity contribution >= 4 is 11.8 Å². The molecule has 1 unspecified atom stereocenters. The number of carbonyl (C=O) groups excluding carboxylic acids is 2. The lowest BCUT2D eigenvalue weighted by Gasteiger charge is -2.04. The van der Waals surface area contributed by atoms with Gasteiger partial charge >= 0.3 is 5.97 Å². The van der Waals surface area contributed by atoms with E-state index in [1.807, 2.05) is 0 Å². The number of nitrogens with zero attached hydrogens (tertiary/aromatic N) is 1. The zero-order chi connectivity index (χ0) is 11.3. The van der Waals surface area contributed by atoms with Gasteiger partial charge in [0.25, 0.3) is 0 Å². The summed E-state index contributed by atoms with van der Waals surface area (Å²) in [5.74, 6) is -2.99. The molecule has 0 aliphatic carbocycles. The van der Waals surface area contributed by atoms with Crippen molar-refractivity contribution in [2.24, 2.45) is 5.92 Å². The zero-order valence-corrected chi connectivity index (χ0v) is 8.10. The van der Waals surface area contributed by atoms with Crippen LogP contribution in [0.2, 0.25) is 0 Å². The van der Waals surface area contributed by atoms with Gasteiger partial charge in [-0.25, -0.2) is 0 Å². The average molecular weight is 207 g/mol. The van der Waals surface area contributed by atoms with Crippen molar-refractivity contribution in [3.8, 4) is 6.07 Å². The minimum Gasteiger partial charge on any atom is -0.465 e. The van der Waals surface area contributed by atoms with Crippen LogP contribution in [0.15, 0.2) is 22.8 Å². The molecule has 78 valence electrons. The molecule has 0 fully saturated rings. The van der Waals surface area contributed by atoms with Gasteiger partial charge in [0.15, 0.2) is 5.76 Å². The number of carbonyl (C=O) groups is 2. The highest BCUT2D eigenvalue weighted by Gasteiger charge is 2.30. The highest BCUT2D eigenvalue weighted by atomic mass is 16.5. The molecule has 0 N–H and O–H groups in total. The maximum absolute atomic E-state index is 11.5. The third-order valence-electron chi connectivity index (χ3n) is 1.68. The van der Waals surface area contributed by atoms with E-state index in [0.717, 1.165) is 0 Å². The van der Waals surface area contributed by atoms with Crippen molar-refractivity contribution in [1.82, 2.24) is 0 Å². The Morgan fingerprint density at radius 3 is 2.87 bits per heavy atom. The second kappa shape index (κ2) is 4.96. The Labute approximate surface area is 86.2 Å². The third-order valence-corrected chi connectivity index (χ3v) is 1.68. The molecule has 0 bridgehead atoms.